The van der Waals surface area contributed by atoms with Crippen LogP contribution in [0.25, 0.3) is 0 Å². The predicted molar refractivity (Wildman–Crippen MR) is 110 cm³/mol. The zero-order valence-corrected chi connectivity index (χ0v) is 17.7. The van der Waals surface area contributed by atoms with E-state index in [2.05, 4.69) is 25.5 Å². The molecule has 0 aliphatic carbocycles. The molecule has 1 aliphatic rings. The Morgan fingerprint density at radius 1 is 1.27 bits per heavy atom. The molecule has 0 saturated carbocycles. The zero-order chi connectivity index (χ0) is 21.8. The monoisotopic (exact) mass is 431 g/mol. The van der Waals surface area contributed by atoms with Crippen molar-refractivity contribution in [2.75, 3.05) is 53.0 Å². The van der Waals surface area contributed by atoms with Crippen molar-refractivity contribution in [3.63, 3.8) is 0 Å². The number of guanidine groups is 1. The third-order valence-corrected chi connectivity index (χ3v) is 4.77. The van der Waals surface area contributed by atoms with Crippen molar-refractivity contribution in [3.05, 3.63) is 23.9 Å². The molecule has 7 nitrogen and oxygen atoms in total. The summed E-state index contributed by atoms with van der Waals surface area (Å²) in [4.78, 5) is 10.6. The number of aromatic nitrogens is 1. The maximum absolute atomic E-state index is 12.6. The fraction of sp³-hybridized carbons (Fsp3) is 0.700. The Morgan fingerprint density at radius 3 is 2.63 bits per heavy atom. The fourth-order valence-corrected chi connectivity index (χ4v) is 3.19. The van der Waals surface area contributed by atoms with Gasteiger partial charge in [-0.05, 0) is 32.3 Å². The number of piperidine rings is 1. The van der Waals surface area contributed by atoms with Gasteiger partial charge >= 0.3 is 6.18 Å². The lowest BCUT2D eigenvalue weighted by molar-refractivity contribution is -0.137. The van der Waals surface area contributed by atoms with Crippen LogP contribution in [0.4, 0.5) is 13.2 Å². The molecule has 2 N–H and O–H groups in total. The van der Waals surface area contributed by atoms with Crippen LogP contribution >= 0.6 is 0 Å². The SMILES string of the molecule is CCNC(=NCCOc1ccc(C(F)(F)F)cn1)NC1CCN(CCCOC)CC1. The number of alkyl halides is 3. The van der Waals surface area contributed by atoms with Gasteiger partial charge in [-0.15, -0.1) is 0 Å². The highest BCUT2D eigenvalue weighted by molar-refractivity contribution is 5.80. The highest BCUT2D eigenvalue weighted by Gasteiger charge is 2.30. The number of pyridine rings is 1. The van der Waals surface area contributed by atoms with Gasteiger partial charge in [-0.1, -0.05) is 0 Å². The van der Waals surface area contributed by atoms with Crippen LogP contribution in [-0.4, -0.2) is 74.9 Å². The van der Waals surface area contributed by atoms with Crippen LogP contribution < -0.4 is 15.4 Å². The van der Waals surface area contributed by atoms with Gasteiger partial charge in [-0.3, -0.25) is 0 Å². The molecule has 0 spiro atoms. The van der Waals surface area contributed by atoms with Crippen LogP contribution in [0.5, 0.6) is 5.88 Å². The standard InChI is InChI=1S/C20H32F3N5O2/c1-3-24-19(27-17-7-11-28(12-8-17)10-4-13-29-2)25-9-14-30-18-6-5-16(15-26-18)20(21,22)23/h5-6,15,17H,3-4,7-14H2,1-2H3,(H2,24,25,27). The molecule has 1 aliphatic heterocycles. The Morgan fingerprint density at radius 2 is 2.03 bits per heavy atom. The molecule has 0 bridgehead atoms. The summed E-state index contributed by atoms with van der Waals surface area (Å²) in [7, 11) is 1.73. The molecule has 1 aromatic rings. The molecule has 30 heavy (non-hydrogen) atoms. The van der Waals surface area contributed by atoms with E-state index in [0.717, 1.165) is 70.3 Å². The van der Waals surface area contributed by atoms with E-state index in [4.69, 9.17) is 9.47 Å². The third kappa shape index (κ3) is 8.74. The molecule has 0 unspecified atom stereocenters. The minimum Gasteiger partial charge on any atom is -0.476 e. The van der Waals surface area contributed by atoms with Crippen LogP contribution in [-0.2, 0) is 10.9 Å². The van der Waals surface area contributed by atoms with E-state index in [-0.39, 0.29) is 12.5 Å². The first-order chi connectivity index (χ1) is 14.4. The van der Waals surface area contributed by atoms with Crippen molar-refractivity contribution in [1.29, 1.82) is 0 Å². The Kier molecular flexibility index (Phi) is 10.2. The molecule has 0 atom stereocenters. The zero-order valence-electron chi connectivity index (χ0n) is 17.7. The van der Waals surface area contributed by atoms with Gasteiger partial charge in [0.2, 0.25) is 5.88 Å². The first-order valence-corrected chi connectivity index (χ1v) is 10.3. The number of nitrogens with one attached hydrogen (secondary N) is 2. The normalized spacial score (nSPS) is 16.5. The van der Waals surface area contributed by atoms with Gasteiger partial charge in [-0.2, -0.15) is 13.2 Å². The van der Waals surface area contributed by atoms with Gasteiger partial charge in [0, 0.05) is 58.2 Å². The quantitative estimate of drug-likeness (QED) is 0.337. The van der Waals surface area contributed by atoms with Crippen molar-refractivity contribution < 1.29 is 22.6 Å². The second kappa shape index (κ2) is 12.6. The Labute approximate surface area is 176 Å². The molecule has 2 rings (SSSR count). The van der Waals surface area contributed by atoms with Crippen molar-refractivity contribution in [2.45, 2.75) is 38.4 Å². The van der Waals surface area contributed by atoms with Crippen LogP contribution in [0.3, 0.4) is 0 Å². The van der Waals surface area contributed by atoms with Crippen LogP contribution in [0.15, 0.2) is 23.3 Å². The second-order valence-corrected chi connectivity index (χ2v) is 7.10. The number of hydrogen-bond acceptors (Lipinski definition) is 5. The molecular weight excluding hydrogens is 399 g/mol. The van der Waals surface area contributed by atoms with E-state index in [0.29, 0.717) is 12.6 Å². The number of nitrogens with zero attached hydrogens (tertiary/aromatic N) is 3. The summed E-state index contributed by atoms with van der Waals surface area (Å²) in [5.41, 5.74) is -0.795. The van der Waals surface area contributed by atoms with E-state index in [1.54, 1.807) is 7.11 Å². The summed E-state index contributed by atoms with van der Waals surface area (Å²) in [5.74, 6) is 0.872. The predicted octanol–water partition coefficient (Wildman–Crippen LogP) is 2.54. The molecule has 1 saturated heterocycles. The smallest absolute Gasteiger partial charge is 0.417 e. The topological polar surface area (TPSA) is 71.0 Å². The van der Waals surface area contributed by atoms with Crippen molar-refractivity contribution >= 4 is 5.96 Å². The number of methoxy groups -OCH3 is 1. The number of hydrogen-bond donors (Lipinski definition) is 2. The third-order valence-electron chi connectivity index (χ3n) is 4.77. The summed E-state index contributed by atoms with van der Waals surface area (Å²) in [6.45, 7) is 7.28. The number of likely N-dealkylation sites (tertiary alicyclic amines) is 1. The lowest BCUT2D eigenvalue weighted by Gasteiger charge is -2.33. The Bertz CT molecular complexity index is 632. The Balaban J connectivity index is 1.73. The molecule has 1 aromatic heterocycles. The lowest BCUT2D eigenvalue weighted by Crippen LogP contribution is -2.49. The molecule has 1 fully saturated rings. The van der Waals surface area contributed by atoms with Gasteiger partial charge < -0.3 is 25.0 Å². The van der Waals surface area contributed by atoms with Crippen LogP contribution in [0, 0.1) is 0 Å². The average molecular weight is 432 g/mol. The molecule has 2 heterocycles. The summed E-state index contributed by atoms with van der Waals surface area (Å²) >= 11 is 0. The molecule has 0 aromatic carbocycles. The number of halogens is 3. The van der Waals surface area contributed by atoms with Gasteiger partial charge in [0.1, 0.15) is 6.61 Å². The maximum Gasteiger partial charge on any atom is 0.417 e. The van der Waals surface area contributed by atoms with E-state index in [9.17, 15) is 13.2 Å². The molecular formula is C20H32F3N5O2. The highest BCUT2D eigenvalue weighted by Crippen LogP contribution is 2.29. The minimum atomic E-state index is -4.40. The molecule has 0 amide bonds. The van der Waals surface area contributed by atoms with E-state index < -0.39 is 11.7 Å². The lowest BCUT2D eigenvalue weighted by atomic mass is 10.1. The van der Waals surface area contributed by atoms with E-state index in [1.165, 1.54) is 6.07 Å². The number of rotatable bonds is 10. The van der Waals surface area contributed by atoms with Gasteiger partial charge in [-0.25, -0.2) is 9.98 Å². The van der Waals surface area contributed by atoms with E-state index in [1.807, 2.05) is 6.92 Å². The van der Waals surface area contributed by atoms with E-state index >= 15 is 0 Å². The van der Waals surface area contributed by atoms with Crippen molar-refractivity contribution in [1.82, 2.24) is 20.5 Å². The minimum absolute atomic E-state index is 0.150. The first-order valence-electron chi connectivity index (χ1n) is 10.3. The number of ether oxygens (including phenoxy) is 2. The maximum atomic E-state index is 12.6. The van der Waals surface area contributed by atoms with Crippen LogP contribution in [0.1, 0.15) is 31.7 Å². The fourth-order valence-electron chi connectivity index (χ4n) is 3.19. The summed E-state index contributed by atoms with van der Waals surface area (Å²) in [6.07, 6.45) is -0.493. The summed E-state index contributed by atoms with van der Waals surface area (Å²) < 4.78 is 48.2. The Hall–Kier alpha value is -2.07. The van der Waals surface area contributed by atoms with Gasteiger partial charge in [0.05, 0.1) is 12.1 Å². The molecule has 0 radical (unpaired) electrons. The second-order valence-electron chi connectivity index (χ2n) is 7.10. The molecule has 10 heteroatoms. The first kappa shape index (κ1) is 24.2. The van der Waals surface area contributed by atoms with Crippen LogP contribution in [0.2, 0.25) is 0 Å². The average Bonchev–Trinajstić information content (AvgIpc) is 2.72. The van der Waals surface area contributed by atoms with Crippen molar-refractivity contribution in [3.8, 4) is 5.88 Å². The largest absolute Gasteiger partial charge is 0.476 e. The van der Waals surface area contributed by atoms with Gasteiger partial charge in [0.25, 0.3) is 0 Å². The number of aliphatic imine (C=N–C) groups is 1. The molecule has 170 valence electrons. The van der Waals surface area contributed by atoms with Crippen molar-refractivity contribution in [2.24, 2.45) is 4.99 Å². The summed E-state index contributed by atoms with van der Waals surface area (Å²) in [6, 6.07) is 2.54. The van der Waals surface area contributed by atoms with Gasteiger partial charge in [0.15, 0.2) is 5.96 Å². The summed E-state index contributed by atoms with van der Waals surface area (Å²) in [5, 5.41) is 6.68. The highest BCUT2D eigenvalue weighted by atomic mass is 19.4.